The molecule has 1 aliphatic carbocycles. The van der Waals surface area contributed by atoms with Gasteiger partial charge in [0, 0.05) is 5.56 Å². The lowest BCUT2D eigenvalue weighted by Gasteiger charge is -2.36. The van der Waals surface area contributed by atoms with Gasteiger partial charge in [0.05, 0.1) is 33.9 Å². The summed E-state index contributed by atoms with van der Waals surface area (Å²) in [5, 5.41) is 0. The molecule has 1 saturated carbocycles. The van der Waals surface area contributed by atoms with Crippen LogP contribution in [-0.2, 0) is 6.54 Å². The Hall–Kier alpha value is -1.22. The summed E-state index contributed by atoms with van der Waals surface area (Å²) in [6.45, 7) is 4.13. The van der Waals surface area contributed by atoms with Crippen LogP contribution in [0.25, 0.3) is 0 Å². The minimum atomic E-state index is 0.788. The highest BCUT2D eigenvalue weighted by atomic mass is 16.5. The summed E-state index contributed by atoms with van der Waals surface area (Å²) in [5.41, 5.74) is 1.34. The average Bonchev–Trinajstić information content (AvgIpc) is 3.33. The molecule has 0 amide bonds. The van der Waals surface area contributed by atoms with Gasteiger partial charge in [-0.15, -0.1) is 0 Å². The fourth-order valence-electron chi connectivity index (χ4n) is 5.26. The van der Waals surface area contributed by atoms with E-state index in [0.29, 0.717) is 0 Å². The summed E-state index contributed by atoms with van der Waals surface area (Å²) in [5.74, 6) is 1.78. The van der Waals surface area contributed by atoms with Crippen LogP contribution < -0.4 is 9.47 Å². The van der Waals surface area contributed by atoms with E-state index in [0.717, 1.165) is 41.6 Å². The van der Waals surface area contributed by atoms with Crippen molar-refractivity contribution in [3.05, 3.63) is 23.8 Å². The third-order valence-corrected chi connectivity index (χ3v) is 7.39. The van der Waals surface area contributed by atoms with Gasteiger partial charge in [0.25, 0.3) is 0 Å². The van der Waals surface area contributed by atoms with E-state index >= 15 is 0 Å². The normalized spacial score (nSPS) is 14.8. The zero-order chi connectivity index (χ0) is 23.1. The second-order valence-corrected chi connectivity index (χ2v) is 10.6. The maximum absolute atomic E-state index is 6.07. The van der Waals surface area contributed by atoms with Crippen molar-refractivity contribution in [3.63, 3.8) is 0 Å². The molecule has 1 aliphatic rings. The highest BCUT2D eigenvalue weighted by Gasteiger charge is 2.31. The zero-order valence-electron chi connectivity index (χ0n) is 21.8. The Morgan fingerprint density at radius 3 is 1.91 bits per heavy atom. The zero-order valence-corrected chi connectivity index (χ0v) is 21.8. The summed E-state index contributed by atoms with van der Waals surface area (Å²) in [7, 11) is 6.51. The van der Waals surface area contributed by atoms with Crippen LogP contribution in [0.2, 0.25) is 0 Å². The molecule has 0 atom stereocenters. The van der Waals surface area contributed by atoms with E-state index in [2.05, 4.69) is 39.2 Å². The van der Waals surface area contributed by atoms with Crippen molar-refractivity contribution in [2.24, 2.45) is 0 Å². The molecule has 0 spiro atoms. The highest BCUT2D eigenvalue weighted by Crippen LogP contribution is 2.32. The van der Waals surface area contributed by atoms with Crippen LogP contribution in [0.1, 0.15) is 115 Å². The third kappa shape index (κ3) is 10.1. The van der Waals surface area contributed by atoms with Gasteiger partial charge in [-0.3, -0.25) is 0 Å². The minimum Gasteiger partial charge on any atom is -0.493 e. The van der Waals surface area contributed by atoms with Crippen LogP contribution in [-0.4, -0.2) is 38.3 Å². The molecule has 1 aromatic rings. The molecule has 184 valence electrons. The first-order chi connectivity index (χ1) is 15.6. The molecule has 0 aromatic heterocycles. The van der Waals surface area contributed by atoms with Crippen LogP contribution in [0.15, 0.2) is 18.2 Å². The van der Waals surface area contributed by atoms with Gasteiger partial charge in [-0.1, -0.05) is 77.6 Å². The van der Waals surface area contributed by atoms with Gasteiger partial charge >= 0.3 is 0 Å². The molecule has 0 unspecified atom stereocenters. The van der Waals surface area contributed by atoms with E-state index in [4.69, 9.17) is 9.47 Å². The first kappa shape index (κ1) is 27.0. The average molecular weight is 447 g/mol. The summed E-state index contributed by atoms with van der Waals surface area (Å²) >= 11 is 0. The largest absolute Gasteiger partial charge is 0.493 e. The van der Waals surface area contributed by atoms with Crippen molar-refractivity contribution in [2.45, 2.75) is 122 Å². The predicted molar refractivity (Wildman–Crippen MR) is 138 cm³/mol. The van der Waals surface area contributed by atoms with Crippen LogP contribution in [0.4, 0.5) is 0 Å². The number of benzene rings is 1. The molecule has 2 rings (SSSR count). The number of unbranched alkanes of at least 4 members (excludes halogenated alkanes) is 11. The lowest BCUT2D eigenvalue weighted by molar-refractivity contribution is -0.927. The van der Waals surface area contributed by atoms with Gasteiger partial charge in [-0.25, -0.2) is 0 Å². The number of ether oxygens (including phenoxy) is 2. The van der Waals surface area contributed by atoms with Gasteiger partial charge < -0.3 is 14.0 Å². The fraction of sp³-hybridized carbons (Fsp3) is 0.793. The lowest BCUT2D eigenvalue weighted by atomic mass is 10.1. The maximum Gasteiger partial charge on any atom is 0.161 e. The summed E-state index contributed by atoms with van der Waals surface area (Å²) < 4.78 is 12.8. The topological polar surface area (TPSA) is 18.5 Å². The van der Waals surface area contributed by atoms with Crippen LogP contribution in [0.5, 0.6) is 11.5 Å². The van der Waals surface area contributed by atoms with Crippen molar-refractivity contribution < 1.29 is 14.0 Å². The van der Waals surface area contributed by atoms with E-state index in [9.17, 15) is 0 Å². The van der Waals surface area contributed by atoms with Gasteiger partial charge in [-0.05, 0) is 50.3 Å². The van der Waals surface area contributed by atoms with E-state index < -0.39 is 0 Å². The highest BCUT2D eigenvalue weighted by molar-refractivity contribution is 5.42. The first-order valence-corrected chi connectivity index (χ1v) is 13.7. The predicted octanol–water partition coefficient (Wildman–Crippen LogP) is 8.29. The summed E-state index contributed by atoms with van der Waals surface area (Å²) in [6, 6.07) is 7.33. The second-order valence-electron chi connectivity index (χ2n) is 10.6. The standard InChI is InChI=1S/C29H52NO2/c1-5-6-7-8-9-10-11-12-13-14-15-18-23-32-28-22-21-26(24-29(28)31-4)25-30(2,3)27-19-16-17-20-27/h21-22,24,27H,5-20,23,25H2,1-4H3/q+1. The van der Waals surface area contributed by atoms with E-state index in [-0.39, 0.29) is 0 Å². The number of hydrogen-bond acceptors (Lipinski definition) is 2. The van der Waals surface area contributed by atoms with Crippen molar-refractivity contribution >= 4 is 0 Å². The Morgan fingerprint density at radius 1 is 0.781 bits per heavy atom. The van der Waals surface area contributed by atoms with Crippen molar-refractivity contribution in [1.82, 2.24) is 0 Å². The molecule has 0 radical (unpaired) electrons. The maximum atomic E-state index is 6.07. The number of methoxy groups -OCH3 is 1. The molecule has 0 N–H and O–H groups in total. The molecule has 1 fully saturated rings. The minimum absolute atomic E-state index is 0.788. The molecular formula is C29H52NO2+. The fourth-order valence-corrected chi connectivity index (χ4v) is 5.26. The Morgan fingerprint density at radius 2 is 1.34 bits per heavy atom. The first-order valence-electron chi connectivity index (χ1n) is 13.7. The number of hydrogen-bond donors (Lipinski definition) is 0. The molecule has 32 heavy (non-hydrogen) atoms. The molecule has 0 bridgehead atoms. The Kier molecular flexibility index (Phi) is 13.2. The third-order valence-electron chi connectivity index (χ3n) is 7.39. The monoisotopic (exact) mass is 446 g/mol. The quantitative estimate of drug-likeness (QED) is 0.167. The molecule has 3 nitrogen and oxygen atoms in total. The smallest absolute Gasteiger partial charge is 0.161 e. The molecule has 3 heteroatoms. The lowest BCUT2D eigenvalue weighted by Crippen LogP contribution is -2.46. The number of quaternary nitrogens is 1. The Bertz CT molecular complexity index is 607. The van der Waals surface area contributed by atoms with Gasteiger partial charge in [-0.2, -0.15) is 0 Å². The number of nitrogens with zero attached hydrogens (tertiary/aromatic N) is 1. The molecular weight excluding hydrogens is 394 g/mol. The van der Waals surface area contributed by atoms with E-state index in [1.807, 2.05) is 0 Å². The molecule has 0 aliphatic heterocycles. The second kappa shape index (κ2) is 15.6. The van der Waals surface area contributed by atoms with Gasteiger partial charge in [0.1, 0.15) is 6.54 Å². The van der Waals surface area contributed by atoms with E-state index in [1.54, 1.807) is 7.11 Å². The Labute approximate surface area is 199 Å². The summed E-state index contributed by atoms with van der Waals surface area (Å²) in [4.78, 5) is 0. The molecule has 1 aromatic carbocycles. The number of rotatable bonds is 18. The molecule has 0 saturated heterocycles. The van der Waals surface area contributed by atoms with Crippen LogP contribution in [0.3, 0.4) is 0 Å². The Balaban J connectivity index is 1.59. The van der Waals surface area contributed by atoms with Gasteiger partial charge in [0.15, 0.2) is 11.5 Å². The molecule has 0 heterocycles. The SMILES string of the molecule is CCCCCCCCCCCCCCOc1ccc(C[N+](C)(C)C2CCCC2)cc1OC. The van der Waals surface area contributed by atoms with E-state index in [1.165, 1.54) is 102 Å². The van der Waals surface area contributed by atoms with Crippen molar-refractivity contribution in [3.8, 4) is 11.5 Å². The van der Waals surface area contributed by atoms with Crippen LogP contribution >= 0.6 is 0 Å². The van der Waals surface area contributed by atoms with Gasteiger partial charge in [0.2, 0.25) is 0 Å². The van der Waals surface area contributed by atoms with Crippen molar-refractivity contribution in [1.29, 1.82) is 0 Å². The summed E-state index contributed by atoms with van der Waals surface area (Å²) in [6.07, 6.45) is 21.9. The van der Waals surface area contributed by atoms with Crippen LogP contribution in [0, 0.1) is 0 Å². The van der Waals surface area contributed by atoms with Crippen molar-refractivity contribution in [2.75, 3.05) is 27.8 Å².